The lowest BCUT2D eigenvalue weighted by atomic mass is 9.54. The van der Waals surface area contributed by atoms with Crippen molar-refractivity contribution in [2.45, 2.75) is 216 Å². The number of rotatable bonds is 12. The Bertz CT molecular complexity index is 3900. The van der Waals surface area contributed by atoms with Gasteiger partial charge in [-0.3, -0.25) is 0 Å². The van der Waals surface area contributed by atoms with Gasteiger partial charge in [-0.1, -0.05) is 53.7 Å². The molecule has 2 aliphatic carbocycles. The fourth-order valence-electron chi connectivity index (χ4n) is 16.0. The molecule has 10 aliphatic heterocycles. The van der Waals surface area contributed by atoms with Crippen molar-refractivity contribution < 1.29 is 147 Å². The number of benzene rings is 3. The molecule has 3 aromatic carbocycles. The smallest absolute Gasteiger partial charge is 0.378 e. The minimum atomic E-state index is -2.15. The van der Waals surface area contributed by atoms with Gasteiger partial charge in [0.2, 0.25) is 0 Å². The average molecular weight is 1420 g/mol. The molecule has 3 saturated heterocycles. The Labute approximate surface area is 578 Å². The van der Waals surface area contributed by atoms with Gasteiger partial charge in [0.15, 0.2) is 53.4 Å². The Morgan fingerprint density at radius 1 is 0.653 bits per heavy atom. The highest BCUT2D eigenvalue weighted by Crippen LogP contribution is 2.65. The first-order valence-corrected chi connectivity index (χ1v) is 34.0. The number of aliphatic hydroxyl groups is 8. The number of hydrogen-bond donors (Lipinski definition) is 13. The van der Waals surface area contributed by atoms with Gasteiger partial charge >= 0.3 is 23.7 Å². The van der Waals surface area contributed by atoms with Crippen LogP contribution in [0.2, 0.25) is 0 Å². The van der Waals surface area contributed by atoms with E-state index < -0.39 is 162 Å². The van der Waals surface area contributed by atoms with Crippen molar-refractivity contribution in [3.05, 3.63) is 111 Å². The fourth-order valence-corrected chi connectivity index (χ4v) is 16.0. The number of cyclic esters (lactones) is 3. The Balaban J connectivity index is 0.000000138. The molecule has 0 aromatic heterocycles. The van der Waals surface area contributed by atoms with E-state index in [0.717, 1.165) is 48.8 Å². The summed E-state index contributed by atoms with van der Waals surface area (Å²) >= 11 is 0. The van der Waals surface area contributed by atoms with Gasteiger partial charge in [-0.2, -0.15) is 0 Å². The highest BCUT2D eigenvalue weighted by molar-refractivity contribution is 5.91. The highest BCUT2D eigenvalue weighted by Gasteiger charge is 2.67. The second kappa shape index (κ2) is 26.4. The maximum Gasteiger partial charge on any atom is 0.378 e. The molecule has 30 heteroatoms. The molecule has 10 heterocycles. The van der Waals surface area contributed by atoms with Crippen molar-refractivity contribution in [3.63, 3.8) is 0 Å². The molecule has 5 fully saturated rings. The number of aryl methyl sites for hydroxylation is 1. The number of carbonyl (C=O) groups is 3. The number of phenolic OH excluding ortho intramolecular Hbond substituents is 4. The molecule has 0 amide bonds. The Kier molecular flexibility index (Phi) is 18.6. The highest BCUT2D eigenvalue weighted by atomic mass is 16.8. The van der Waals surface area contributed by atoms with Gasteiger partial charge in [0, 0.05) is 66.0 Å². The van der Waals surface area contributed by atoms with Crippen LogP contribution in [-0.2, 0) is 94.8 Å². The van der Waals surface area contributed by atoms with Crippen LogP contribution in [0.4, 0.5) is 0 Å². The number of esters is 3. The summed E-state index contributed by atoms with van der Waals surface area (Å²) in [5, 5.41) is 134. The van der Waals surface area contributed by atoms with Crippen LogP contribution < -0.4 is 4.74 Å². The lowest BCUT2D eigenvalue weighted by molar-refractivity contribution is -0.344. The van der Waals surface area contributed by atoms with E-state index in [1.54, 1.807) is 26.0 Å². The SMILES string of the molecule is C=C1OC2C3CC4(CC(O[C@H]5O[C@@H](CO)[C@H](O)[C@@H](O)[C@@H]5O)[C@@]3(C)CC[C@@H]2C1C)OC1=C(O4)C(C)OC1=O.CC1OC(=O)C2=C1OC1(O2)c2cc(O)c(O)cc2Oc2cc(O)c(C3O[C@@H](CO)[C@H](O)[C@@H](C)[C@@H]3O)c(O)c21.CCC(C)CC1(CCc2ccc(O)c(CO)c2)OC2=C(O1)C(C)OC2=O. The summed E-state index contributed by atoms with van der Waals surface area (Å²) in [4.78, 5) is 36.8. The number of aliphatic hydroxyl groups excluding tert-OH is 8. The largest absolute Gasteiger partial charge is 0.508 e. The summed E-state index contributed by atoms with van der Waals surface area (Å²) in [6.45, 7) is 17.8. The molecule has 23 atom stereocenters. The molecule has 12 aliphatic rings. The van der Waals surface area contributed by atoms with E-state index in [1.807, 2.05) is 6.07 Å². The van der Waals surface area contributed by atoms with E-state index in [1.165, 1.54) is 13.8 Å². The average Bonchev–Trinajstić information content (AvgIpc) is 1.63. The third-order valence-electron chi connectivity index (χ3n) is 22.2. The molecular weight excluding hydrogens is 1330 g/mol. The van der Waals surface area contributed by atoms with Crippen molar-refractivity contribution >= 4 is 17.9 Å². The molecule has 0 bridgehead atoms. The maximum atomic E-state index is 12.5. The summed E-state index contributed by atoms with van der Waals surface area (Å²) < 4.78 is 82.3. The van der Waals surface area contributed by atoms with Gasteiger partial charge in [0.1, 0.15) is 77.0 Å². The molecular formula is C71H86O30. The normalized spacial score (nSPS) is 38.3. The lowest BCUT2D eigenvalue weighted by Gasteiger charge is -2.57. The van der Waals surface area contributed by atoms with E-state index in [-0.39, 0.29) is 93.9 Å². The topological polar surface area (TPSA) is 443 Å². The quantitative estimate of drug-likeness (QED) is 0.0678. The van der Waals surface area contributed by atoms with Crippen molar-refractivity contribution in [1.29, 1.82) is 0 Å². The molecule has 101 heavy (non-hydrogen) atoms. The summed E-state index contributed by atoms with van der Waals surface area (Å²) in [7, 11) is 0. The van der Waals surface area contributed by atoms with Gasteiger partial charge in [-0.15, -0.1) is 0 Å². The van der Waals surface area contributed by atoms with Gasteiger partial charge in [-0.05, 0) is 69.7 Å². The number of carbonyl (C=O) groups excluding carboxylic acids is 3. The lowest BCUT2D eigenvalue weighted by Crippen LogP contribution is -2.64. The number of phenols is 5. The summed E-state index contributed by atoms with van der Waals surface area (Å²) in [5.74, 6) is -7.24. The molecule has 2 spiro atoms. The zero-order valence-electron chi connectivity index (χ0n) is 56.7. The number of hydrogen-bond acceptors (Lipinski definition) is 30. The maximum absolute atomic E-state index is 12.5. The van der Waals surface area contributed by atoms with E-state index >= 15 is 0 Å². The van der Waals surface area contributed by atoms with Crippen LogP contribution in [0.1, 0.15) is 134 Å². The van der Waals surface area contributed by atoms with Crippen LogP contribution in [0.3, 0.4) is 0 Å². The standard InChI is InChI=1S/C26H36O11.C25H24O13.C20H26O6/c1-10-11(2)32-21-13(10)5-6-25(4)14(21)7-26(36-20-12(3)33-23(31)22(20)37-26)8-16(25)35-24-19(30)18(29)17(28)15(9-27)34-24;1-7-18(30)15(6-26)36-22(19(7)31)16-12(29)5-14-17(20(16)32)25(9-3-10(27)11(28)4-13(9)35-14)37-21-8(2)34-24(33)23(21)38-25;1-4-12(2)10-20(25-17-13(3)24-19(23)18(17)26-20)8-7-14-5-6-16(22)15(9-14)11-21/h10,12-19,21,24,27-30H,2,5-9H2,1,3-4H3;3-5,7-8,15,18-19,22,26-32H,6H2,1-2H3;5-6,9,12-13,21-22H,4,7-8,10-11H2,1-3H3/t10?,12?,13-,14?,15+,16?,17+,18-,19+,21?,24-,25+,26?;7-,8?,15+,18-,19+,22?,25?;/m11./s1. The fraction of sp³-hybridized carbons (Fsp3) is 0.592. The van der Waals surface area contributed by atoms with Crippen molar-refractivity contribution in [2.75, 3.05) is 13.2 Å². The van der Waals surface area contributed by atoms with E-state index in [2.05, 4.69) is 34.3 Å². The van der Waals surface area contributed by atoms with Gasteiger partial charge < -0.3 is 133 Å². The monoisotopic (exact) mass is 1420 g/mol. The van der Waals surface area contributed by atoms with E-state index in [4.69, 9.17) is 66.3 Å². The van der Waals surface area contributed by atoms with Gasteiger partial charge in [-0.25, -0.2) is 14.4 Å². The van der Waals surface area contributed by atoms with Crippen LogP contribution in [0.5, 0.6) is 40.2 Å². The third kappa shape index (κ3) is 11.9. The zero-order valence-corrected chi connectivity index (χ0v) is 56.7. The third-order valence-corrected chi connectivity index (χ3v) is 22.2. The van der Waals surface area contributed by atoms with Crippen LogP contribution in [0.15, 0.2) is 83.3 Å². The number of aromatic hydroxyl groups is 5. The summed E-state index contributed by atoms with van der Waals surface area (Å²) in [5.41, 5.74) is 0.394. The first-order valence-electron chi connectivity index (χ1n) is 34.0. The van der Waals surface area contributed by atoms with Crippen LogP contribution in [0, 0.1) is 35.0 Å². The first-order chi connectivity index (χ1) is 47.8. The number of allylic oxidation sites excluding steroid dienone is 1. The molecule has 3 aromatic rings. The minimum Gasteiger partial charge on any atom is -0.508 e. The van der Waals surface area contributed by atoms with Crippen molar-refractivity contribution in [1.82, 2.24) is 0 Å². The molecule has 2 saturated carbocycles. The Morgan fingerprint density at radius 2 is 1.27 bits per heavy atom. The molecule has 15 rings (SSSR count). The zero-order chi connectivity index (χ0) is 72.6. The van der Waals surface area contributed by atoms with E-state index in [0.29, 0.717) is 48.7 Å². The first kappa shape index (κ1) is 71.4. The van der Waals surface area contributed by atoms with Crippen LogP contribution in [0.25, 0.3) is 0 Å². The number of fused-ring (bicyclic) bond motifs is 7. The van der Waals surface area contributed by atoms with Gasteiger partial charge in [0.25, 0.3) is 28.9 Å². The molecule has 550 valence electrons. The molecule has 0 radical (unpaired) electrons. The molecule has 30 nitrogen and oxygen atoms in total. The Hall–Kier alpha value is -8.01. The van der Waals surface area contributed by atoms with Crippen LogP contribution in [-0.4, -0.2) is 189 Å². The second-order valence-corrected chi connectivity index (χ2v) is 28.6. The molecule has 13 N–H and O–H groups in total. The van der Waals surface area contributed by atoms with Crippen LogP contribution >= 0.6 is 0 Å². The predicted molar refractivity (Wildman–Crippen MR) is 338 cm³/mol. The Morgan fingerprint density at radius 3 is 1.89 bits per heavy atom. The second-order valence-electron chi connectivity index (χ2n) is 28.6. The predicted octanol–water partition coefficient (Wildman–Crippen LogP) is 4.41. The van der Waals surface area contributed by atoms with Gasteiger partial charge in [0.05, 0.1) is 61.4 Å². The van der Waals surface area contributed by atoms with Crippen molar-refractivity contribution in [2.24, 2.45) is 35.0 Å². The van der Waals surface area contributed by atoms with E-state index in [9.17, 15) is 80.8 Å². The summed E-state index contributed by atoms with van der Waals surface area (Å²) in [6.07, 6.45) is -9.64. The summed E-state index contributed by atoms with van der Waals surface area (Å²) in [6, 6.07) is 8.41. The minimum absolute atomic E-state index is 0.00132. The number of ether oxygens (including phenoxy) is 14. The molecule has 12 unspecified atom stereocenters. The van der Waals surface area contributed by atoms with Crippen molar-refractivity contribution in [3.8, 4) is 40.2 Å².